The second kappa shape index (κ2) is 3.64. The third-order valence-corrected chi connectivity index (χ3v) is 1.89. The average molecular weight is 204 g/mol. The molecule has 0 aliphatic heterocycles. The van der Waals surface area contributed by atoms with Gasteiger partial charge in [0.05, 0.1) is 6.20 Å². The molecule has 2 heterocycles. The van der Waals surface area contributed by atoms with Crippen molar-refractivity contribution in [3.8, 4) is 0 Å². The van der Waals surface area contributed by atoms with Crippen molar-refractivity contribution in [2.75, 3.05) is 5.73 Å². The maximum absolute atomic E-state index is 5.46. The van der Waals surface area contributed by atoms with Crippen LogP contribution in [0.4, 0.5) is 5.82 Å². The smallest absolute Gasteiger partial charge is 0.165 e. The Kier molecular flexibility index (Phi) is 2.32. The summed E-state index contributed by atoms with van der Waals surface area (Å²) in [6.45, 7) is 4.37. The van der Waals surface area contributed by atoms with E-state index >= 15 is 0 Å². The first-order valence-electron chi connectivity index (χ1n) is 4.60. The summed E-state index contributed by atoms with van der Waals surface area (Å²) >= 11 is 0. The molecule has 0 spiro atoms. The van der Waals surface area contributed by atoms with Crippen LogP contribution in [0, 0.1) is 13.8 Å². The van der Waals surface area contributed by atoms with Crippen molar-refractivity contribution in [3.63, 3.8) is 0 Å². The predicted molar refractivity (Wildman–Crippen MR) is 55.0 cm³/mol. The van der Waals surface area contributed by atoms with E-state index < -0.39 is 0 Å². The fourth-order valence-electron chi connectivity index (χ4n) is 1.41. The van der Waals surface area contributed by atoms with E-state index in [0.29, 0.717) is 12.4 Å². The summed E-state index contributed by atoms with van der Waals surface area (Å²) in [5, 5.41) is 7.52. The number of rotatable bonds is 2. The van der Waals surface area contributed by atoms with Gasteiger partial charge in [-0.2, -0.15) is 0 Å². The van der Waals surface area contributed by atoms with E-state index in [4.69, 9.17) is 5.73 Å². The topological polar surface area (TPSA) is 82.5 Å². The highest BCUT2D eigenvalue weighted by atomic mass is 15.4. The third-order valence-electron chi connectivity index (χ3n) is 1.89. The highest BCUT2D eigenvalue weighted by Crippen LogP contribution is 2.01. The van der Waals surface area contributed by atoms with Gasteiger partial charge in [0, 0.05) is 11.4 Å². The van der Waals surface area contributed by atoms with E-state index in [1.54, 1.807) is 10.9 Å². The van der Waals surface area contributed by atoms with Gasteiger partial charge in [0.2, 0.25) is 0 Å². The molecule has 2 rings (SSSR count). The lowest BCUT2D eigenvalue weighted by Crippen LogP contribution is -2.06. The van der Waals surface area contributed by atoms with Crippen LogP contribution in [0.25, 0.3) is 0 Å². The number of hydrogen-bond donors (Lipinski definition) is 1. The van der Waals surface area contributed by atoms with Crippen LogP contribution in [0.5, 0.6) is 0 Å². The van der Waals surface area contributed by atoms with Crippen LogP contribution in [-0.2, 0) is 6.54 Å². The zero-order chi connectivity index (χ0) is 10.8. The molecule has 6 heteroatoms. The molecule has 0 saturated carbocycles. The number of hydrogen-bond acceptors (Lipinski definition) is 5. The van der Waals surface area contributed by atoms with Gasteiger partial charge in [-0.25, -0.2) is 14.6 Å². The highest BCUT2D eigenvalue weighted by Gasteiger charge is 2.02. The minimum absolute atomic E-state index is 0.402. The normalized spacial score (nSPS) is 10.5. The van der Waals surface area contributed by atoms with Crippen molar-refractivity contribution in [2.45, 2.75) is 20.4 Å². The van der Waals surface area contributed by atoms with Crippen LogP contribution >= 0.6 is 0 Å². The van der Waals surface area contributed by atoms with Crippen molar-refractivity contribution in [1.82, 2.24) is 25.0 Å². The first kappa shape index (κ1) is 9.57. The number of nitrogen functional groups attached to an aromatic ring is 1. The quantitative estimate of drug-likeness (QED) is 0.761. The van der Waals surface area contributed by atoms with Gasteiger partial charge < -0.3 is 5.73 Å². The van der Waals surface area contributed by atoms with Gasteiger partial charge in [-0.05, 0) is 19.9 Å². The second-order valence-corrected chi connectivity index (χ2v) is 3.41. The van der Waals surface area contributed by atoms with Crippen LogP contribution in [0.1, 0.15) is 17.2 Å². The van der Waals surface area contributed by atoms with Crippen molar-refractivity contribution >= 4 is 5.82 Å². The van der Waals surface area contributed by atoms with Crippen LogP contribution in [-0.4, -0.2) is 25.0 Å². The molecular formula is C9H12N6. The molecule has 0 atom stereocenters. The van der Waals surface area contributed by atoms with Gasteiger partial charge in [0.25, 0.3) is 0 Å². The number of aromatic nitrogens is 5. The molecule has 0 amide bonds. The lowest BCUT2D eigenvalue weighted by Gasteiger charge is -2.02. The molecule has 2 aromatic rings. The largest absolute Gasteiger partial charge is 0.381 e. The Labute approximate surface area is 87.2 Å². The molecular weight excluding hydrogens is 192 g/mol. The Hall–Kier alpha value is -1.98. The lowest BCUT2D eigenvalue weighted by molar-refractivity contribution is 0.621. The fraction of sp³-hybridized carbons (Fsp3) is 0.333. The van der Waals surface area contributed by atoms with Gasteiger partial charge in [-0.3, -0.25) is 0 Å². The van der Waals surface area contributed by atoms with Crippen molar-refractivity contribution < 1.29 is 0 Å². The summed E-state index contributed by atoms with van der Waals surface area (Å²) in [5.41, 5.74) is 7.36. The standard InChI is InChI=1S/C9H12N6/c1-6-3-7(2)12-9(11-6)5-15-4-8(10)13-14-15/h3-4H,5,10H2,1-2H3. The maximum Gasteiger partial charge on any atom is 0.165 e. The Morgan fingerprint density at radius 2 is 1.93 bits per heavy atom. The fourth-order valence-corrected chi connectivity index (χ4v) is 1.41. The van der Waals surface area contributed by atoms with Crippen molar-refractivity contribution in [1.29, 1.82) is 0 Å². The van der Waals surface area contributed by atoms with Crippen LogP contribution in [0.3, 0.4) is 0 Å². The molecule has 0 aromatic carbocycles. The van der Waals surface area contributed by atoms with Crippen LogP contribution in [0.2, 0.25) is 0 Å². The summed E-state index contributed by atoms with van der Waals surface area (Å²) in [5.74, 6) is 1.12. The molecule has 78 valence electrons. The van der Waals surface area contributed by atoms with Crippen LogP contribution in [0.15, 0.2) is 12.3 Å². The number of anilines is 1. The number of aryl methyl sites for hydroxylation is 2. The molecule has 6 nitrogen and oxygen atoms in total. The SMILES string of the molecule is Cc1cc(C)nc(Cn2cc(N)nn2)n1. The number of nitrogens with zero attached hydrogens (tertiary/aromatic N) is 5. The molecule has 0 unspecified atom stereocenters. The molecule has 2 aromatic heterocycles. The van der Waals surface area contributed by atoms with E-state index in [1.807, 2.05) is 19.9 Å². The molecule has 0 saturated heterocycles. The second-order valence-electron chi connectivity index (χ2n) is 3.41. The van der Waals surface area contributed by atoms with Gasteiger partial charge in [0.15, 0.2) is 5.82 Å². The third kappa shape index (κ3) is 2.28. The van der Waals surface area contributed by atoms with E-state index in [2.05, 4.69) is 20.3 Å². The maximum atomic E-state index is 5.46. The van der Waals surface area contributed by atoms with Crippen molar-refractivity contribution in [3.05, 3.63) is 29.5 Å². The monoisotopic (exact) mass is 204 g/mol. The zero-order valence-electron chi connectivity index (χ0n) is 8.68. The Balaban J connectivity index is 2.24. The van der Waals surface area contributed by atoms with E-state index in [0.717, 1.165) is 17.2 Å². The van der Waals surface area contributed by atoms with E-state index in [-0.39, 0.29) is 0 Å². The molecule has 0 aliphatic carbocycles. The Morgan fingerprint density at radius 3 is 2.47 bits per heavy atom. The highest BCUT2D eigenvalue weighted by molar-refractivity contribution is 5.20. The number of nitrogens with two attached hydrogens (primary N) is 1. The molecule has 0 bridgehead atoms. The predicted octanol–water partition coefficient (Wildman–Crippen LogP) is 0.315. The first-order valence-corrected chi connectivity index (χ1v) is 4.60. The van der Waals surface area contributed by atoms with Gasteiger partial charge >= 0.3 is 0 Å². The molecule has 2 N–H and O–H groups in total. The van der Waals surface area contributed by atoms with Crippen molar-refractivity contribution in [2.24, 2.45) is 0 Å². The van der Waals surface area contributed by atoms with E-state index in [1.165, 1.54) is 0 Å². The summed E-state index contributed by atoms with van der Waals surface area (Å²) in [7, 11) is 0. The van der Waals surface area contributed by atoms with Gasteiger partial charge in [-0.1, -0.05) is 5.21 Å². The minimum Gasteiger partial charge on any atom is -0.381 e. The molecule has 15 heavy (non-hydrogen) atoms. The van der Waals surface area contributed by atoms with Gasteiger partial charge in [-0.15, -0.1) is 5.10 Å². The first-order chi connectivity index (χ1) is 7.13. The van der Waals surface area contributed by atoms with Crippen LogP contribution < -0.4 is 5.73 Å². The Morgan fingerprint density at radius 1 is 1.27 bits per heavy atom. The summed E-state index contributed by atoms with van der Waals surface area (Å²) in [6, 6.07) is 1.93. The summed E-state index contributed by atoms with van der Waals surface area (Å²) < 4.78 is 1.61. The minimum atomic E-state index is 0.402. The Bertz CT molecular complexity index is 455. The van der Waals surface area contributed by atoms with Gasteiger partial charge in [0.1, 0.15) is 12.4 Å². The lowest BCUT2D eigenvalue weighted by atomic mass is 10.3. The average Bonchev–Trinajstić information content (AvgIpc) is 2.49. The summed E-state index contributed by atoms with van der Waals surface area (Å²) in [4.78, 5) is 8.60. The van der Waals surface area contributed by atoms with E-state index in [9.17, 15) is 0 Å². The summed E-state index contributed by atoms with van der Waals surface area (Å²) in [6.07, 6.45) is 1.65. The molecule has 0 fully saturated rings. The zero-order valence-corrected chi connectivity index (χ0v) is 8.68. The molecule has 0 radical (unpaired) electrons. The molecule has 0 aliphatic rings.